The zero-order valence-corrected chi connectivity index (χ0v) is 8.90. The van der Waals surface area contributed by atoms with E-state index in [1.54, 1.807) is 6.92 Å². The van der Waals surface area contributed by atoms with Gasteiger partial charge in [-0.05, 0) is 25.1 Å². The van der Waals surface area contributed by atoms with Crippen molar-refractivity contribution in [3.63, 3.8) is 0 Å². The summed E-state index contributed by atoms with van der Waals surface area (Å²) in [6, 6.07) is 2.77. The molecule has 1 aromatic rings. The SMILES string of the molecule is COc1c(O)ccc2c1C(=O)C(C)=CC2=O. The predicted molar refractivity (Wildman–Crippen MR) is 57.1 cm³/mol. The summed E-state index contributed by atoms with van der Waals surface area (Å²) in [5, 5.41) is 9.55. The van der Waals surface area contributed by atoms with E-state index >= 15 is 0 Å². The summed E-state index contributed by atoms with van der Waals surface area (Å²) in [5.74, 6) is -0.617. The van der Waals surface area contributed by atoms with Gasteiger partial charge in [-0.15, -0.1) is 0 Å². The van der Waals surface area contributed by atoms with Crippen molar-refractivity contribution in [2.75, 3.05) is 7.11 Å². The molecule has 1 aliphatic carbocycles. The molecule has 16 heavy (non-hydrogen) atoms. The van der Waals surface area contributed by atoms with Crippen LogP contribution in [0.5, 0.6) is 11.5 Å². The molecule has 0 amide bonds. The van der Waals surface area contributed by atoms with Gasteiger partial charge in [-0.3, -0.25) is 9.59 Å². The number of rotatable bonds is 1. The third kappa shape index (κ3) is 1.31. The first-order valence-electron chi connectivity index (χ1n) is 4.73. The van der Waals surface area contributed by atoms with Crippen molar-refractivity contribution in [1.29, 1.82) is 0 Å². The molecule has 1 aromatic carbocycles. The van der Waals surface area contributed by atoms with Crippen LogP contribution in [-0.2, 0) is 0 Å². The van der Waals surface area contributed by atoms with Gasteiger partial charge in [0.25, 0.3) is 0 Å². The van der Waals surface area contributed by atoms with E-state index in [9.17, 15) is 14.7 Å². The molecule has 2 rings (SSSR count). The fourth-order valence-corrected chi connectivity index (χ4v) is 1.75. The number of aromatic hydroxyl groups is 1. The summed E-state index contributed by atoms with van der Waals surface area (Å²) >= 11 is 0. The summed E-state index contributed by atoms with van der Waals surface area (Å²) in [7, 11) is 1.35. The van der Waals surface area contributed by atoms with E-state index in [4.69, 9.17) is 4.74 Å². The maximum Gasteiger partial charge on any atom is 0.193 e. The molecule has 0 aliphatic heterocycles. The Morgan fingerprint density at radius 3 is 2.56 bits per heavy atom. The number of allylic oxidation sites excluding steroid dienone is 2. The lowest BCUT2D eigenvalue weighted by Crippen LogP contribution is -2.16. The first kappa shape index (κ1) is 10.4. The first-order chi connectivity index (χ1) is 7.56. The number of phenolic OH excluding ortho intramolecular Hbond substituents is 1. The van der Waals surface area contributed by atoms with Gasteiger partial charge in [0.1, 0.15) is 0 Å². The molecular formula is C12H10O4. The highest BCUT2D eigenvalue weighted by Crippen LogP contribution is 2.36. The number of phenols is 1. The second kappa shape index (κ2) is 3.48. The Morgan fingerprint density at radius 2 is 1.94 bits per heavy atom. The van der Waals surface area contributed by atoms with Crippen LogP contribution in [0.4, 0.5) is 0 Å². The summed E-state index contributed by atoms with van der Waals surface area (Å²) in [4.78, 5) is 23.5. The highest BCUT2D eigenvalue weighted by atomic mass is 16.5. The van der Waals surface area contributed by atoms with Gasteiger partial charge in [-0.2, -0.15) is 0 Å². The topological polar surface area (TPSA) is 63.6 Å². The van der Waals surface area contributed by atoms with E-state index in [2.05, 4.69) is 0 Å². The predicted octanol–water partition coefficient (Wildman–Crippen LogP) is 1.73. The number of fused-ring (bicyclic) bond motifs is 1. The van der Waals surface area contributed by atoms with E-state index < -0.39 is 0 Å². The van der Waals surface area contributed by atoms with Crippen LogP contribution < -0.4 is 4.74 Å². The van der Waals surface area contributed by atoms with E-state index in [0.717, 1.165) is 0 Å². The Kier molecular flexibility index (Phi) is 2.27. The number of Topliss-reactive ketones (excluding diaryl/α,β-unsaturated/α-hetero) is 1. The lowest BCUT2D eigenvalue weighted by molar-refractivity contribution is 0.0981. The number of hydrogen-bond donors (Lipinski definition) is 1. The standard InChI is InChI=1S/C12H10O4/c1-6-5-9(14)7-3-4-8(13)12(16-2)10(7)11(6)15/h3-5,13H,1-2H3. The minimum Gasteiger partial charge on any atom is -0.504 e. The summed E-state index contributed by atoms with van der Waals surface area (Å²) in [6.07, 6.45) is 1.29. The second-order valence-electron chi connectivity index (χ2n) is 3.56. The van der Waals surface area contributed by atoms with Gasteiger partial charge < -0.3 is 9.84 Å². The highest BCUT2D eigenvalue weighted by Gasteiger charge is 2.28. The third-order valence-electron chi connectivity index (χ3n) is 2.54. The molecule has 0 aromatic heterocycles. The fraction of sp³-hybridized carbons (Fsp3) is 0.167. The smallest absolute Gasteiger partial charge is 0.193 e. The third-order valence-corrected chi connectivity index (χ3v) is 2.54. The van der Waals surface area contributed by atoms with Crippen LogP contribution in [0, 0.1) is 0 Å². The van der Waals surface area contributed by atoms with Crippen molar-refractivity contribution >= 4 is 11.6 Å². The average Bonchev–Trinajstić information content (AvgIpc) is 2.25. The largest absolute Gasteiger partial charge is 0.504 e. The van der Waals surface area contributed by atoms with E-state index in [1.165, 1.54) is 25.3 Å². The van der Waals surface area contributed by atoms with E-state index in [0.29, 0.717) is 5.57 Å². The molecule has 0 saturated heterocycles. The number of ketones is 2. The summed E-state index contributed by atoms with van der Waals surface area (Å²) in [6.45, 7) is 1.56. The van der Waals surface area contributed by atoms with Crippen molar-refractivity contribution in [2.24, 2.45) is 0 Å². The Balaban J connectivity index is 2.78. The minimum absolute atomic E-state index is 0.0586. The lowest BCUT2D eigenvalue weighted by Gasteiger charge is -2.16. The summed E-state index contributed by atoms with van der Waals surface area (Å²) < 4.78 is 4.96. The molecule has 0 spiro atoms. The lowest BCUT2D eigenvalue weighted by atomic mass is 9.89. The van der Waals surface area contributed by atoms with Gasteiger partial charge in [0.05, 0.1) is 12.7 Å². The average molecular weight is 218 g/mol. The van der Waals surface area contributed by atoms with Crippen molar-refractivity contribution < 1.29 is 19.4 Å². The molecule has 0 radical (unpaired) electrons. The van der Waals surface area contributed by atoms with Crippen molar-refractivity contribution in [3.8, 4) is 11.5 Å². The number of carbonyl (C=O) groups excluding carboxylic acids is 2. The number of benzene rings is 1. The zero-order valence-electron chi connectivity index (χ0n) is 8.90. The molecule has 4 nitrogen and oxygen atoms in total. The van der Waals surface area contributed by atoms with Crippen molar-refractivity contribution in [2.45, 2.75) is 6.92 Å². The number of carbonyl (C=O) groups is 2. The van der Waals surface area contributed by atoms with Crippen LogP contribution in [0.25, 0.3) is 0 Å². The van der Waals surface area contributed by atoms with Crippen LogP contribution in [0.2, 0.25) is 0 Å². The molecule has 0 saturated carbocycles. The number of methoxy groups -OCH3 is 1. The van der Waals surface area contributed by atoms with Gasteiger partial charge in [-0.25, -0.2) is 0 Å². The van der Waals surface area contributed by atoms with Crippen molar-refractivity contribution in [1.82, 2.24) is 0 Å². The number of hydrogen-bond acceptors (Lipinski definition) is 4. The molecule has 1 N–H and O–H groups in total. The molecule has 82 valence electrons. The van der Waals surface area contributed by atoms with Gasteiger partial charge in [0, 0.05) is 11.1 Å². The first-order valence-corrected chi connectivity index (χ1v) is 4.73. The fourth-order valence-electron chi connectivity index (χ4n) is 1.75. The van der Waals surface area contributed by atoms with Crippen LogP contribution in [-0.4, -0.2) is 23.8 Å². The van der Waals surface area contributed by atoms with Crippen LogP contribution in [0.1, 0.15) is 27.6 Å². The maximum atomic E-state index is 11.9. The summed E-state index contributed by atoms with van der Waals surface area (Å²) in [5.41, 5.74) is 0.763. The maximum absolute atomic E-state index is 11.9. The van der Waals surface area contributed by atoms with Crippen LogP contribution in [0.15, 0.2) is 23.8 Å². The zero-order chi connectivity index (χ0) is 11.9. The van der Waals surface area contributed by atoms with Gasteiger partial charge in [0.15, 0.2) is 23.1 Å². The molecule has 0 bridgehead atoms. The Hall–Kier alpha value is -2.10. The molecule has 0 heterocycles. The molecule has 0 atom stereocenters. The highest BCUT2D eigenvalue weighted by molar-refractivity contribution is 6.25. The van der Waals surface area contributed by atoms with Crippen molar-refractivity contribution in [3.05, 3.63) is 34.9 Å². The monoisotopic (exact) mass is 218 g/mol. The molecule has 4 heteroatoms. The van der Waals surface area contributed by atoms with Gasteiger partial charge in [0.2, 0.25) is 0 Å². The Bertz CT molecular complexity index is 526. The molecule has 1 aliphatic rings. The van der Waals surface area contributed by atoms with Gasteiger partial charge in [-0.1, -0.05) is 0 Å². The molecular weight excluding hydrogens is 208 g/mol. The Morgan fingerprint density at radius 1 is 1.25 bits per heavy atom. The normalized spacial score (nSPS) is 14.5. The molecule has 0 fully saturated rings. The van der Waals surface area contributed by atoms with Gasteiger partial charge >= 0.3 is 0 Å². The van der Waals surface area contributed by atoms with Crippen LogP contribution in [0.3, 0.4) is 0 Å². The van der Waals surface area contributed by atoms with E-state index in [1.807, 2.05) is 0 Å². The minimum atomic E-state index is -0.289. The second-order valence-corrected chi connectivity index (χ2v) is 3.56. The Labute approximate surface area is 92.2 Å². The van der Waals surface area contributed by atoms with E-state index in [-0.39, 0.29) is 34.2 Å². The van der Waals surface area contributed by atoms with Crippen LogP contribution >= 0.6 is 0 Å². The number of ether oxygens (including phenoxy) is 1. The molecule has 0 unspecified atom stereocenters. The quantitative estimate of drug-likeness (QED) is 0.779.